The number of para-hydroxylation sites is 1. The van der Waals surface area contributed by atoms with Gasteiger partial charge in [-0.1, -0.05) is 37.1 Å². The Morgan fingerprint density at radius 3 is 2.53 bits per heavy atom. The van der Waals surface area contributed by atoms with Gasteiger partial charge in [-0.2, -0.15) is 0 Å². The summed E-state index contributed by atoms with van der Waals surface area (Å²) in [5.74, 6) is 2.16. The second kappa shape index (κ2) is 9.61. The van der Waals surface area contributed by atoms with Gasteiger partial charge in [-0.05, 0) is 80.0 Å². The van der Waals surface area contributed by atoms with Crippen molar-refractivity contribution in [1.29, 1.82) is 0 Å². The van der Waals surface area contributed by atoms with Crippen LogP contribution in [0, 0.1) is 11.8 Å². The molecule has 0 radical (unpaired) electrons. The number of Topliss-reactive ketones (excluding diaryl/α,β-unsaturated/α-hetero) is 1. The first-order valence-electron chi connectivity index (χ1n) is 10.9. The summed E-state index contributed by atoms with van der Waals surface area (Å²) < 4.78 is 6.37. The lowest BCUT2D eigenvalue weighted by molar-refractivity contribution is 0.0864. The Morgan fingerprint density at radius 2 is 1.80 bits per heavy atom. The average Bonchev–Trinajstić information content (AvgIpc) is 2.79. The molecule has 1 aliphatic carbocycles. The Hall–Kier alpha value is -2.39. The monoisotopic (exact) mass is 421 g/mol. The number of benzene rings is 2. The van der Waals surface area contributed by atoms with Crippen LogP contribution < -0.4 is 4.74 Å². The minimum atomic E-state index is 0.222. The lowest BCUT2D eigenvalue weighted by atomic mass is 9.75. The lowest BCUT2D eigenvalue weighted by Gasteiger charge is -2.33. The van der Waals surface area contributed by atoms with Gasteiger partial charge in [0.25, 0.3) is 0 Å². The van der Waals surface area contributed by atoms with Crippen molar-refractivity contribution in [2.45, 2.75) is 51.6 Å². The molecule has 4 rings (SSSR count). The molecule has 0 spiro atoms. The molecule has 1 atom stereocenters. The van der Waals surface area contributed by atoms with Crippen LogP contribution in [0.25, 0.3) is 10.9 Å². The van der Waals surface area contributed by atoms with Gasteiger partial charge in [-0.15, -0.1) is 0 Å². The normalized spacial score (nSPS) is 20.1. The molecule has 156 valence electrons. The molecular formula is C26H28ClNO2. The largest absolute Gasteiger partial charge is 0.490 e. The lowest BCUT2D eigenvalue weighted by Crippen LogP contribution is -2.28. The van der Waals surface area contributed by atoms with Crippen LogP contribution in [0.3, 0.4) is 0 Å². The Labute approximate surface area is 183 Å². The fraction of sp³-hybridized carbons (Fsp3) is 0.385. The maximum atomic E-state index is 12.7. The number of nitrogens with zero attached hydrogens (tertiary/aromatic N) is 1. The summed E-state index contributed by atoms with van der Waals surface area (Å²) >= 11 is 5.95. The van der Waals surface area contributed by atoms with E-state index < -0.39 is 0 Å². The van der Waals surface area contributed by atoms with Crippen molar-refractivity contribution < 1.29 is 9.53 Å². The summed E-state index contributed by atoms with van der Waals surface area (Å²) in [4.78, 5) is 17.1. The standard InChI is InChI=1S/C26H28ClNO2/c1-2-18(17-25(29)20-7-11-21(27)12-8-20)19-9-13-22(14-10-19)30-26-15-16-28-24-6-4-3-5-23(24)26/h3-8,11-12,15-16,18-19,22H,2,9-10,13-14,17H2,1H3. The molecule has 0 aliphatic heterocycles. The van der Waals surface area contributed by atoms with Gasteiger partial charge in [-0.3, -0.25) is 9.78 Å². The zero-order valence-electron chi connectivity index (χ0n) is 17.4. The summed E-state index contributed by atoms with van der Waals surface area (Å²) in [6.07, 6.45) is 7.99. The summed E-state index contributed by atoms with van der Waals surface area (Å²) in [6, 6.07) is 17.3. The fourth-order valence-corrected chi connectivity index (χ4v) is 4.79. The molecule has 4 heteroatoms. The summed E-state index contributed by atoms with van der Waals surface area (Å²) in [5, 5.41) is 1.74. The van der Waals surface area contributed by atoms with E-state index in [9.17, 15) is 4.79 Å². The highest BCUT2D eigenvalue weighted by Crippen LogP contribution is 2.36. The maximum absolute atomic E-state index is 12.7. The third kappa shape index (κ3) is 4.84. The Kier molecular flexibility index (Phi) is 6.69. The second-order valence-electron chi connectivity index (χ2n) is 8.28. The maximum Gasteiger partial charge on any atom is 0.163 e. The average molecular weight is 422 g/mol. The van der Waals surface area contributed by atoms with Gasteiger partial charge in [0.05, 0.1) is 11.6 Å². The number of fused-ring (bicyclic) bond motifs is 1. The molecule has 2 aromatic carbocycles. The van der Waals surface area contributed by atoms with Crippen molar-refractivity contribution in [3.8, 4) is 5.75 Å². The highest BCUT2D eigenvalue weighted by Gasteiger charge is 2.29. The molecular weight excluding hydrogens is 394 g/mol. The van der Waals surface area contributed by atoms with Gasteiger partial charge in [0.15, 0.2) is 5.78 Å². The minimum absolute atomic E-state index is 0.222. The number of ketones is 1. The number of hydrogen-bond acceptors (Lipinski definition) is 3. The molecule has 0 saturated heterocycles. The van der Waals surface area contributed by atoms with E-state index in [0.29, 0.717) is 23.3 Å². The van der Waals surface area contributed by atoms with Crippen molar-refractivity contribution in [3.63, 3.8) is 0 Å². The molecule has 3 aromatic rings. The summed E-state index contributed by atoms with van der Waals surface area (Å²) in [7, 11) is 0. The van der Waals surface area contributed by atoms with Crippen LogP contribution in [0.5, 0.6) is 5.75 Å². The molecule has 1 saturated carbocycles. The van der Waals surface area contributed by atoms with Crippen molar-refractivity contribution in [2.24, 2.45) is 11.8 Å². The Bertz CT molecular complexity index is 988. The fourth-order valence-electron chi connectivity index (χ4n) is 4.67. The van der Waals surface area contributed by atoms with Crippen LogP contribution in [-0.2, 0) is 0 Å². The molecule has 1 heterocycles. The minimum Gasteiger partial charge on any atom is -0.490 e. The summed E-state index contributed by atoms with van der Waals surface area (Å²) in [6.45, 7) is 2.20. The van der Waals surface area contributed by atoms with Gasteiger partial charge in [0, 0.05) is 28.6 Å². The van der Waals surface area contributed by atoms with Gasteiger partial charge in [-0.25, -0.2) is 0 Å². The van der Waals surface area contributed by atoms with E-state index in [0.717, 1.165) is 54.3 Å². The van der Waals surface area contributed by atoms with Crippen LogP contribution in [0.4, 0.5) is 0 Å². The number of carbonyl (C=O) groups is 1. The molecule has 1 fully saturated rings. The molecule has 1 unspecified atom stereocenters. The highest BCUT2D eigenvalue weighted by atomic mass is 35.5. The second-order valence-corrected chi connectivity index (χ2v) is 8.72. The Balaban J connectivity index is 1.34. The number of carbonyl (C=O) groups excluding carboxylic acids is 1. The topological polar surface area (TPSA) is 39.2 Å². The molecule has 0 amide bonds. The van der Waals surface area contributed by atoms with E-state index in [4.69, 9.17) is 16.3 Å². The molecule has 1 aromatic heterocycles. The third-order valence-electron chi connectivity index (χ3n) is 6.43. The van der Waals surface area contributed by atoms with E-state index in [1.807, 2.05) is 42.6 Å². The van der Waals surface area contributed by atoms with E-state index in [1.54, 1.807) is 12.1 Å². The van der Waals surface area contributed by atoms with Crippen LogP contribution >= 0.6 is 11.6 Å². The van der Waals surface area contributed by atoms with Crippen molar-refractivity contribution in [1.82, 2.24) is 4.98 Å². The molecule has 1 aliphatic rings. The Morgan fingerprint density at radius 1 is 1.07 bits per heavy atom. The molecule has 3 nitrogen and oxygen atoms in total. The number of hydrogen-bond donors (Lipinski definition) is 0. The first-order valence-corrected chi connectivity index (χ1v) is 11.3. The number of aromatic nitrogens is 1. The van der Waals surface area contributed by atoms with Crippen molar-refractivity contribution in [2.75, 3.05) is 0 Å². The van der Waals surface area contributed by atoms with Crippen LogP contribution in [0.2, 0.25) is 5.02 Å². The summed E-state index contributed by atoms with van der Waals surface area (Å²) in [5.41, 5.74) is 1.73. The van der Waals surface area contributed by atoms with Gasteiger partial charge >= 0.3 is 0 Å². The quantitative estimate of drug-likeness (QED) is 0.381. The number of pyridine rings is 1. The third-order valence-corrected chi connectivity index (χ3v) is 6.68. The van der Waals surface area contributed by atoms with E-state index in [2.05, 4.69) is 18.0 Å². The van der Waals surface area contributed by atoms with Crippen LogP contribution in [-0.4, -0.2) is 16.9 Å². The van der Waals surface area contributed by atoms with Gasteiger partial charge in [0.1, 0.15) is 5.75 Å². The number of ether oxygens (including phenoxy) is 1. The van der Waals surface area contributed by atoms with Crippen LogP contribution in [0.15, 0.2) is 60.8 Å². The van der Waals surface area contributed by atoms with Crippen molar-refractivity contribution >= 4 is 28.3 Å². The first-order chi connectivity index (χ1) is 14.6. The van der Waals surface area contributed by atoms with Crippen molar-refractivity contribution in [3.05, 3.63) is 71.4 Å². The van der Waals surface area contributed by atoms with E-state index in [1.165, 1.54) is 0 Å². The van der Waals surface area contributed by atoms with E-state index >= 15 is 0 Å². The van der Waals surface area contributed by atoms with Crippen LogP contribution in [0.1, 0.15) is 55.8 Å². The van der Waals surface area contributed by atoms with E-state index in [-0.39, 0.29) is 11.9 Å². The van der Waals surface area contributed by atoms with Gasteiger partial charge in [0.2, 0.25) is 0 Å². The highest BCUT2D eigenvalue weighted by molar-refractivity contribution is 6.30. The zero-order chi connectivity index (χ0) is 20.9. The van der Waals surface area contributed by atoms with Gasteiger partial charge < -0.3 is 4.74 Å². The predicted octanol–water partition coefficient (Wildman–Crippen LogP) is 7.13. The molecule has 0 N–H and O–H groups in total. The first kappa shape index (κ1) is 20.9. The zero-order valence-corrected chi connectivity index (χ0v) is 18.1. The predicted molar refractivity (Wildman–Crippen MR) is 122 cm³/mol. The SMILES string of the molecule is CCC(CC(=O)c1ccc(Cl)cc1)C1CCC(Oc2ccnc3ccccc23)CC1. The number of halogens is 1. The molecule has 0 bridgehead atoms. The number of rotatable bonds is 7. The molecule has 30 heavy (non-hydrogen) atoms. The smallest absolute Gasteiger partial charge is 0.163 e.